The van der Waals surface area contributed by atoms with Crippen molar-refractivity contribution in [1.29, 1.82) is 0 Å². The number of hydrogen-bond donors (Lipinski definition) is 2. The van der Waals surface area contributed by atoms with Gasteiger partial charge in [-0.2, -0.15) is 5.10 Å². The number of aryl methyl sites for hydroxylation is 1. The molecule has 1 atom stereocenters. The molecule has 3 N–H and O–H groups in total. The zero-order valence-electron chi connectivity index (χ0n) is 12.3. The van der Waals surface area contributed by atoms with Crippen LogP contribution in [0.25, 0.3) is 0 Å². The fraction of sp³-hybridized carbons (Fsp3) is 0.400. The molecular formula is C15H21FN4. The van der Waals surface area contributed by atoms with Crippen LogP contribution < -0.4 is 11.1 Å². The SMILES string of the molecule is CC(C)c1nn(C)c(NC(C)c2ccccc2F)c1N. The summed E-state index contributed by atoms with van der Waals surface area (Å²) >= 11 is 0. The highest BCUT2D eigenvalue weighted by molar-refractivity contribution is 5.66. The van der Waals surface area contributed by atoms with Crippen LogP contribution in [0.1, 0.15) is 44.0 Å². The minimum atomic E-state index is -0.225. The van der Waals surface area contributed by atoms with Crippen LogP contribution in [0.15, 0.2) is 24.3 Å². The van der Waals surface area contributed by atoms with Gasteiger partial charge in [0.05, 0.1) is 17.4 Å². The average molecular weight is 276 g/mol. The minimum Gasteiger partial charge on any atom is -0.394 e. The van der Waals surface area contributed by atoms with Crippen molar-refractivity contribution in [3.8, 4) is 0 Å². The third kappa shape index (κ3) is 2.61. The standard InChI is InChI=1S/C15H21FN4/c1-9(2)14-13(17)15(20(4)19-14)18-10(3)11-7-5-6-8-12(11)16/h5-10,18H,17H2,1-4H3. The molecule has 4 nitrogen and oxygen atoms in total. The van der Waals surface area contributed by atoms with E-state index in [0.717, 1.165) is 11.5 Å². The molecule has 0 aliphatic rings. The topological polar surface area (TPSA) is 55.9 Å². The van der Waals surface area contributed by atoms with E-state index >= 15 is 0 Å². The minimum absolute atomic E-state index is 0.186. The smallest absolute Gasteiger partial charge is 0.148 e. The second kappa shape index (κ2) is 5.53. The lowest BCUT2D eigenvalue weighted by Gasteiger charge is -2.17. The van der Waals surface area contributed by atoms with E-state index in [1.807, 2.05) is 33.9 Å². The first-order chi connectivity index (χ1) is 9.41. The molecule has 0 radical (unpaired) electrons. The van der Waals surface area contributed by atoms with E-state index in [1.54, 1.807) is 16.8 Å². The maximum Gasteiger partial charge on any atom is 0.148 e. The van der Waals surface area contributed by atoms with E-state index in [4.69, 9.17) is 5.73 Å². The lowest BCUT2D eigenvalue weighted by Crippen LogP contribution is -2.12. The molecule has 0 spiro atoms. The number of rotatable bonds is 4. The first kappa shape index (κ1) is 14.4. The Morgan fingerprint density at radius 3 is 2.45 bits per heavy atom. The van der Waals surface area contributed by atoms with E-state index in [9.17, 15) is 4.39 Å². The zero-order valence-corrected chi connectivity index (χ0v) is 12.3. The van der Waals surface area contributed by atoms with Crippen LogP contribution >= 0.6 is 0 Å². The molecule has 1 unspecified atom stereocenters. The van der Waals surface area contributed by atoms with Gasteiger partial charge in [-0.3, -0.25) is 4.68 Å². The molecule has 0 aliphatic heterocycles. The maximum atomic E-state index is 13.8. The van der Waals surface area contributed by atoms with Crippen molar-refractivity contribution in [1.82, 2.24) is 9.78 Å². The molecule has 1 aromatic heterocycles. The normalized spacial score (nSPS) is 12.7. The number of nitrogen functional groups attached to an aromatic ring is 1. The Balaban J connectivity index is 2.29. The molecule has 0 amide bonds. The summed E-state index contributed by atoms with van der Waals surface area (Å²) in [5.74, 6) is 0.752. The van der Waals surface area contributed by atoms with Gasteiger partial charge in [0.15, 0.2) is 0 Å². The Morgan fingerprint density at radius 1 is 1.25 bits per heavy atom. The summed E-state index contributed by atoms with van der Waals surface area (Å²) in [6.07, 6.45) is 0. The van der Waals surface area contributed by atoms with Crippen molar-refractivity contribution in [3.63, 3.8) is 0 Å². The number of aromatic nitrogens is 2. The molecule has 0 saturated heterocycles. The highest BCUT2D eigenvalue weighted by Gasteiger charge is 2.18. The number of nitrogens with one attached hydrogen (secondary N) is 1. The summed E-state index contributed by atoms with van der Waals surface area (Å²) in [5.41, 5.74) is 8.23. The van der Waals surface area contributed by atoms with Crippen LogP contribution in [0.5, 0.6) is 0 Å². The van der Waals surface area contributed by atoms with Crippen molar-refractivity contribution in [2.75, 3.05) is 11.1 Å². The van der Waals surface area contributed by atoms with Crippen LogP contribution in [-0.2, 0) is 7.05 Å². The molecule has 0 bridgehead atoms. The second-order valence-corrected chi connectivity index (χ2v) is 5.31. The summed E-state index contributed by atoms with van der Waals surface area (Å²) < 4.78 is 15.5. The molecule has 1 aromatic carbocycles. The van der Waals surface area contributed by atoms with Gasteiger partial charge >= 0.3 is 0 Å². The van der Waals surface area contributed by atoms with Crippen molar-refractivity contribution < 1.29 is 4.39 Å². The molecule has 5 heteroatoms. The number of halogens is 1. The van der Waals surface area contributed by atoms with Gasteiger partial charge < -0.3 is 11.1 Å². The lowest BCUT2D eigenvalue weighted by atomic mass is 10.1. The van der Waals surface area contributed by atoms with Crippen molar-refractivity contribution in [3.05, 3.63) is 41.3 Å². The van der Waals surface area contributed by atoms with E-state index in [2.05, 4.69) is 10.4 Å². The number of benzene rings is 1. The van der Waals surface area contributed by atoms with Crippen LogP contribution in [-0.4, -0.2) is 9.78 Å². The monoisotopic (exact) mass is 276 g/mol. The quantitative estimate of drug-likeness (QED) is 0.899. The van der Waals surface area contributed by atoms with Crippen molar-refractivity contribution in [2.24, 2.45) is 7.05 Å². The molecule has 0 aliphatic carbocycles. The van der Waals surface area contributed by atoms with Gasteiger partial charge in [-0.1, -0.05) is 32.0 Å². The summed E-state index contributed by atoms with van der Waals surface area (Å²) in [4.78, 5) is 0. The van der Waals surface area contributed by atoms with Gasteiger partial charge in [0.1, 0.15) is 11.6 Å². The molecule has 1 heterocycles. The molecule has 0 fully saturated rings. The van der Waals surface area contributed by atoms with E-state index in [1.165, 1.54) is 6.07 Å². The Bertz CT molecular complexity index is 604. The van der Waals surface area contributed by atoms with Crippen LogP contribution in [0.3, 0.4) is 0 Å². The van der Waals surface area contributed by atoms with Gasteiger partial charge in [0.25, 0.3) is 0 Å². The van der Waals surface area contributed by atoms with Gasteiger partial charge in [0.2, 0.25) is 0 Å². The fourth-order valence-electron chi connectivity index (χ4n) is 2.27. The van der Waals surface area contributed by atoms with Gasteiger partial charge in [0, 0.05) is 12.6 Å². The lowest BCUT2D eigenvalue weighted by molar-refractivity contribution is 0.598. The predicted molar refractivity (Wildman–Crippen MR) is 80.1 cm³/mol. The molecular weight excluding hydrogens is 255 g/mol. The Kier molecular flexibility index (Phi) is 3.97. The van der Waals surface area contributed by atoms with Gasteiger partial charge in [-0.05, 0) is 18.9 Å². The Hall–Kier alpha value is -2.04. The summed E-state index contributed by atoms with van der Waals surface area (Å²) in [6, 6.07) is 6.54. The average Bonchev–Trinajstić information content (AvgIpc) is 2.67. The largest absolute Gasteiger partial charge is 0.394 e. The van der Waals surface area contributed by atoms with E-state index < -0.39 is 0 Å². The maximum absolute atomic E-state index is 13.8. The van der Waals surface area contributed by atoms with Crippen LogP contribution in [0.2, 0.25) is 0 Å². The predicted octanol–water partition coefficient (Wildman–Crippen LogP) is 3.44. The first-order valence-corrected chi connectivity index (χ1v) is 6.75. The summed E-state index contributed by atoms with van der Waals surface area (Å²) in [7, 11) is 1.83. The van der Waals surface area contributed by atoms with Crippen LogP contribution in [0.4, 0.5) is 15.9 Å². The Morgan fingerprint density at radius 2 is 1.90 bits per heavy atom. The number of anilines is 2. The second-order valence-electron chi connectivity index (χ2n) is 5.31. The molecule has 0 saturated carbocycles. The third-order valence-corrected chi connectivity index (χ3v) is 3.38. The van der Waals surface area contributed by atoms with Crippen molar-refractivity contribution >= 4 is 11.5 Å². The van der Waals surface area contributed by atoms with Gasteiger partial charge in [-0.15, -0.1) is 0 Å². The highest BCUT2D eigenvalue weighted by atomic mass is 19.1. The summed E-state index contributed by atoms with van der Waals surface area (Å²) in [5, 5.41) is 7.66. The third-order valence-electron chi connectivity index (χ3n) is 3.38. The first-order valence-electron chi connectivity index (χ1n) is 6.75. The summed E-state index contributed by atoms with van der Waals surface area (Å²) in [6.45, 7) is 5.99. The van der Waals surface area contributed by atoms with Crippen molar-refractivity contribution in [2.45, 2.75) is 32.7 Å². The van der Waals surface area contributed by atoms with E-state index in [0.29, 0.717) is 11.3 Å². The van der Waals surface area contributed by atoms with Gasteiger partial charge in [-0.25, -0.2) is 4.39 Å². The van der Waals surface area contributed by atoms with Crippen LogP contribution in [0, 0.1) is 5.82 Å². The zero-order chi connectivity index (χ0) is 14.9. The highest BCUT2D eigenvalue weighted by Crippen LogP contribution is 2.30. The number of nitrogens with two attached hydrogens (primary N) is 1. The number of hydrogen-bond acceptors (Lipinski definition) is 3. The molecule has 20 heavy (non-hydrogen) atoms. The van der Waals surface area contributed by atoms with E-state index in [-0.39, 0.29) is 17.8 Å². The number of nitrogens with zero attached hydrogens (tertiary/aromatic N) is 2. The molecule has 2 aromatic rings. The fourth-order valence-corrected chi connectivity index (χ4v) is 2.27. The molecule has 2 rings (SSSR count). The molecule has 108 valence electrons. The Labute approximate surface area is 118 Å².